The molecule has 2 nitrogen and oxygen atoms in total. The van der Waals surface area contributed by atoms with Gasteiger partial charge in [0.2, 0.25) is 0 Å². The lowest BCUT2D eigenvalue weighted by Gasteiger charge is -2.03. The average molecular weight is 203 g/mol. The highest BCUT2D eigenvalue weighted by Crippen LogP contribution is 2.09. The molecular formula is C9H8ClFO2. The summed E-state index contributed by atoms with van der Waals surface area (Å²) in [5, 5.41) is 7.49. The second-order valence-electron chi connectivity index (χ2n) is 2.64. The summed E-state index contributed by atoms with van der Waals surface area (Å²) < 4.78 is 12.6. The van der Waals surface area contributed by atoms with Crippen molar-refractivity contribution in [2.24, 2.45) is 0 Å². The standard InChI is InChI=1S/C9H8ClFO2/c10-8(9(12)13)5-6-2-1-3-7(11)4-6/h1-4,8H,5H2,(H,12,13)/t8-/m0/s1. The quantitative estimate of drug-likeness (QED) is 0.762. The zero-order chi connectivity index (χ0) is 9.84. The molecule has 1 aromatic rings. The predicted octanol–water partition coefficient (Wildman–Crippen LogP) is 2.06. The lowest BCUT2D eigenvalue weighted by molar-refractivity contribution is -0.136. The van der Waals surface area contributed by atoms with E-state index in [1.165, 1.54) is 18.2 Å². The summed E-state index contributed by atoms with van der Waals surface area (Å²) in [5.41, 5.74) is 0.586. The maximum Gasteiger partial charge on any atom is 0.321 e. The molecule has 70 valence electrons. The van der Waals surface area contributed by atoms with Crippen LogP contribution < -0.4 is 0 Å². The van der Waals surface area contributed by atoms with E-state index in [4.69, 9.17) is 16.7 Å². The van der Waals surface area contributed by atoms with E-state index in [0.29, 0.717) is 5.56 Å². The molecule has 1 aromatic carbocycles. The van der Waals surface area contributed by atoms with E-state index in [-0.39, 0.29) is 12.2 Å². The van der Waals surface area contributed by atoms with Crippen molar-refractivity contribution in [2.75, 3.05) is 0 Å². The van der Waals surface area contributed by atoms with Gasteiger partial charge in [0.05, 0.1) is 0 Å². The smallest absolute Gasteiger partial charge is 0.321 e. The van der Waals surface area contributed by atoms with Gasteiger partial charge in [-0.15, -0.1) is 11.6 Å². The van der Waals surface area contributed by atoms with Gasteiger partial charge in [-0.05, 0) is 24.1 Å². The van der Waals surface area contributed by atoms with Crippen molar-refractivity contribution in [1.82, 2.24) is 0 Å². The lowest BCUT2D eigenvalue weighted by Crippen LogP contribution is -2.15. The van der Waals surface area contributed by atoms with Gasteiger partial charge in [0.25, 0.3) is 0 Å². The Bertz CT molecular complexity index is 314. The number of hydrogen-bond donors (Lipinski definition) is 1. The van der Waals surface area contributed by atoms with Crippen molar-refractivity contribution in [3.8, 4) is 0 Å². The largest absolute Gasteiger partial charge is 0.480 e. The first kappa shape index (κ1) is 9.99. The molecule has 0 amide bonds. The highest BCUT2D eigenvalue weighted by Gasteiger charge is 2.13. The average Bonchev–Trinajstić information content (AvgIpc) is 2.04. The Hall–Kier alpha value is -1.09. The molecule has 1 N–H and O–H groups in total. The van der Waals surface area contributed by atoms with Crippen LogP contribution in [0.5, 0.6) is 0 Å². The molecule has 4 heteroatoms. The first-order valence-electron chi connectivity index (χ1n) is 3.71. The Morgan fingerprint density at radius 3 is 2.85 bits per heavy atom. The van der Waals surface area contributed by atoms with E-state index in [1.54, 1.807) is 6.07 Å². The fourth-order valence-electron chi connectivity index (χ4n) is 0.958. The van der Waals surface area contributed by atoms with Gasteiger partial charge in [0.1, 0.15) is 11.2 Å². The van der Waals surface area contributed by atoms with Crippen LogP contribution in [0.1, 0.15) is 5.56 Å². The topological polar surface area (TPSA) is 37.3 Å². The van der Waals surface area contributed by atoms with Crippen LogP contribution in [-0.2, 0) is 11.2 Å². The molecular weight excluding hydrogens is 195 g/mol. The van der Waals surface area contributed by atoms with E-state index in [1.807, 2.05) is 0 Å². The SMILES string of the molecule is O=C(O)[C@@H](Cl)Cc1cccc(F)c1. The van der Waals surface area contributed by atoms with Crippen LogP contribution in [0.15, 0.2) is 24.3 Å². The summed E-state index contributed by atoms with van der Waals surface area (Å²) in [6.45, 7) is 0. The molecule has 0 radical (unpaired) electrons. The molecule has 0 aliphatic carbocycles. The molecule has 0 aliphatic rings. The van der Waals surface area contributed by atoms with Gasteiger partial charge in [-0.25, -0.2) is 4.39 Å². The molecule has 13 heavy (non-hydrogen) atoms. The Morgan fingerprint density at radius 1 is 1.62 bits per heavy atom. The van der Waals surface area contributed by atoms with Crippen molar-refractivity contribution in [3.05, 3.63) is 35.6 Å². The van der Waals surface area contributed by atoms with Crippen LogP contribution in [0.4, 0.5) is 4.39 Å². The second kappa shape index (κ2) is 4.23. The summed E-state index contributed by atoms with van der Waals surface area (Å²) in [4.78, 5) is 10.4. The Labute approximate surface area is 80.0 Å². The normalized spacial score (nSPS) is 12.5. The van der Waals surface area contributed by atoms with Crippen LogP contribution in [0, 0.1) is 5.82 Å². The maximum absolute atomic E-state index is 12.6. The van der Waals surface area contributed by atoms with E-state index in [0.717, 1.165) is 0 Å². The van der Waals surface area contributed by atoms with Gasteiger partial charge in [-0.2, -0.15) is 0 Å². The van der Waals surface area contributed by atoms with Crippen molar-refractivity contribution in [3.63, 3.8) is 0 Å². The Balaban J connectivity index is 2.69. The monoisotopic (exact) mass is 202 g/mol. The minimum atomic E-state index is -1.09. The first-order valence-corrected chi connectivity index (χ1v) is 4.14. The number of carboxylic acids is 1. The van der Waals surface area contributed by atoms with Crippen molar-refractivity contribution < 1.29 is 14.3 Å². The lowest BCUT2D eigenvalue weighted by atomic mass is 10.1. The van der Waals surface area contributed by atoms with Crippen molar-refractivity contribution in [1.29, 1.82) is 0 Å². The molecule has 1 atom stereocenters. The van der Waals surface area contributed by atoms with Crippen LogP contribution >= 0.6 is 11.6 Å². The van der Waals surface area contributed by atoms with Crippen LogP contribution in [0.2, 0.25) is 0 Å². The third-order valence-electron chi connectivity index (χ3n) is 1.57. The molecule has 0 heterocycles. The number of rotatable bonds is 3. The maximum atomic E-state index is 12.6. The van der Waals surface area contributed by atoms with Crippen molar-refractivity contribution in [2.45, 2.75) is 11.8 Å². The zero-order valence-electron chi connectivity index (χ0n) is 6.71. The number of aliphatic carboxylic acids is 1. The van der Waals surface area contributed by atoms with Gasteiger partial charge in [-0.1, -0.05) is 12.1 Å². The number of carbonyl (C=O) groups is 1. The Morgan fingerprint density at radius 2 is 2.31 bits per heavy atom. The second-order valence-corrected chi connectivity index (χ2v) is 3.17. The van der Waals surface area contributed by atoms with E-state index < -0.39 is 11.3 Å². The summed E-state index contributed by atoms with van der Waals surface area (Å²) in [5.74, 6) is -1.47. The van der Waals surface area contributed by atoms with Gasteiger partial charge in [0.15, 0.2) is 0 Å². The molecule has 0 saturated heterocycles. The molecule has 0 fully saturated rings. The molecule has 0 unspecified atom stereocenters. The highest BCUT2D eigenvalue weighted by molar-refractivity contribution is 6.29. The molecule has 0 aromatic heterocycles. The molecule has 0 bridgehead atoms. The summed E-state index contributed by atoms with van der Waals surface area (Å²) in [7, 11) is 0. The van der Waals surface area contributed by atoms with Crippen LogP contribution in [0.3, 0.4) is 0 Å². The van der Waals surface area contributed by atoms with Gasteiger partial charge in [0, 0.05) is 0 Å². The van der Waals surface area contributed by atoms with Gasteiger partial charge < -0.3 is 5.11 Å². The summed E-state index contributed by atoms with van der Waals surface area (Å²) in [6.07, 6.45) is 0.134. The number of carboxylic acid groups (broad SMARTS) is 1. The Kier molecular flexibility index (Phi) is 3.25. The van der Waals surface area contributed by atoms with Gasteiger partial charge >= 0.3 is 5.97 Å². The van der Waals surface area contributed by atoms with Gasteiger partial charge in [-0.3, -0.25) is 4.79 Å². The van der Waals surface area contributed by atoms with E-state index in [2.05, 4.69) is 0 Å². The molecule has 0 aliphatic heterocycles. The molecule has 0 spiro atoms. The fraction of sp³-hybridized carbons (Fsp3) is 0.222. The molecule has 1 rings (SSSR count). The summed E-state index contributed by atoms with van der Waals surface area (Å²) >= 11 is 5.48. The third-order valence-corrected chi connectivity index (χ3v) is 1.91. The molecule has 0 saturated carbocycles. The number of halogens is 2. The van der Waals surface area contributed by atoms with Crippen LogP contribution in [0.25, 0.3) is 0 Å². The van der Waals surface area contributed by atoms with Crippen LogP contribution in [-0.4, -0.2) is 16.5 Å². The van der Waals surface area contributed by atoms with E-state index >= 15 is 0 Å². The number of alkyl halides is 1. The summed E-state index contributed by atoms with van der Waals surface area (Å²) in [6, 6.07) is 5.74. The highest BCUT2D eigenvalue weighted by atomic mass is 35.5. The predicted molar refractivity (Wildman–Crippen MR) is 47.4 cm³/mol. The third kappa shape index (κ3) is 3.03. The first-order chi connectivity index (χ1) is 6.09. The fourth-order valence-corrected chi connectivity index (χ4v) is 1.14. The number of benzene rings is 1. The zero-order valence-corrected chi connectivity index (χ0v) is 7.46. The number of hydrogen-bond acceptors (Lipinski definition) is 1. The van der Waals surface area contributed by atoms with E-state index in [9.17, 15) is 9.18 Å². The van der Waals surface area contributed by atoms with Crippen molar-refractivity contribution >= 4 is 17.6 Å². The minimum absolute atomic E-state index is 0.134. The minimum Gasteiger partial charge on any atom is -0.480 e.